The lowest BCUT2D eigenvalue weighted by Gasteiger charge is -2.17. The van der Waals surface area contributed by atoms with Crippen molar-refractivity contribution >= 4 is 17.5 Å². The van der Waals surface area contributed by atoms with E-state index in [2.05, 4.69) is 12.2 Å². The molecule has 108 valence electrons. The fourth-order valence-electron chi connectivity index (χ4n) is 2.32. The molecule has 0 aromatic heterocycles. The first-order valence-corrected chi connectivity index (χ1v) is 7.01. The van der Waals surface area contributed by atoms with Gasteiger partial charge in [-0.05, 0) is 43.4 Å². The van der Waals surface area contributed by atoms with E-state index in [0.29, 0.717) is 5.92 Å². The summed E-state index contributed by atoms with van der Waals surface area (Å²) in [5, 5.41) is 2.87. The number of hydrogen-bond donors (Lipinski definition) is 1. The minimum Gasteiger partial charge on any atom is -0.336 e. The average Bonchev–Trinajstić information content (AvgIpc) is 3.11. The summed E-state index contributed by atoms with van der Waals surface area (Å²) in [6.45, 7) is 6.16. The monoisotopic (exact) mass is 274 g/mol. The van der Waals surface area contributed by atoms with Crippen LogP contribution in [0.4, 0.5) is 5.69 Å². The Morgan fingerprint density at radius 3 is 2.60 bits per heavy atom. The minimum absolute atomic E-state index is 0.0774. The van der Waals surface area contributed by atoms with Gasteiger partial charge in [0.05, 0.1) is 6.54 Å². The zero-order valence-corrected chi connectivity index (χ0v) is 12.6. The molecule has 1 aliphatic rings. The van der Waals surface area contributed by atoms with Crippen molar-refractivity contribution in [2.24, 2.45) is 11.8 Å². The highest BCUT2D eigenvalue weighted by atomic mass is 16.2. The molecule has 4 heteroatoms. The molecule has 1 N–H and O–H groups in total. The molecule has 0 aliphatic heterocycles. The van der Waals surface area contributed by atoms with Gasteiger partial charge in [-0.25, -0.2) is 0 Å². The Balaban J connectivity index is 1.92. The number of amides is 2. The second-order valence-corrected chi connectivity index (χ2v) is 5.81. The van der Waals surface area contributed by atoms with E-state index in [0.717, 1.165) is 23.2 Å². The molecule has 0 saturated heterocycles. The van der Waals surface area contributed by atoms with Gasteiger partial charge in [0.25, 0.3) is 0 Å². The van der Waals surface area contributed by atoms with Crippen molar-refractivity contribution in [1.82, 2.24) is 4.90 Å². The van der Waals surface area contributed by atoms with Gasteiger partial charge in [0, 0.05) is 18.7 Å². The number of aryl methyl sites for hydroxylation is 1. The highest BCUT2D eigenvalue weighted by Crippen LogP contribution is 2.38. The van der Waals surface area contributed by atoms with Crippen molar-refractivity contribution in [2.45, 2.75) is 27.2 Å². The maximum Gasteiger partial charge on any atom is 0.243 e. The molecule has 20 heavy (non-hydrogen) atoms. The van der Waals surface area contributed by atoms with Gasteiger partial charge in [-0.2, -0.15) is 0 Å². The molecule has 0 spiro atoms. The largest absolute Gasteiger partial charge is 0.336 e. The Kier molecular flexibility index (Phi) is 4.12. The molecule has 1 fully saturated rings. The lowest BCUT2D eigenvalue weighted by molar-refractivity contribution is -0.134. The second kappa shape index (κ2) is 5.65. The van der Waals surface area contributed by atoms with Crippen molar-refractivity contribution in [3.05, 3.63) is 29.3 Å². The molecular weight excluding hydrogens is 252 g/mol. The van der Waals surface area contributed by atoms with Gasteiger partial charge in [-0.3, -0.25) is 9.59 Å². The predicted octanol–water partition coefficient (Wildman–Crippen LogP) is 2.36. The molecule has 0 heterocycles. The van der Waals surface area contributed by atoms with E-state index in [1.807, 2.05) is 32.0 Å². The summed E-state index contributed by atoms with van der Waals surface area (Å²) < 4.78 is 0. The molecule has 2 amide bonds. The Hall–Kier alpha value is -1.84. The SMILES string of the molecule is Cc1cccc(NC(=O)CN(C)C(=O)C2CC2C)c1C. The molecule has 2 unspecified atom stereocenters. The van der Waals surface area contributed by atoms with Crippen LogP contribution < -0.4 is 5.32 Å². The Bertz CT molecular complexity index is 539. The minimum atomic E-state index is -0.150. The Morgan fingerprint density at radius 1 is 1.35 bits per heavy atom. The van der Waals surface area contributed by atoms with Gasteiger partial charge in [0.15, 0.2) is 0 Å². The number of likely N-dealkylation sites (N-methyl/N-ethyl adjacent to an activating group) is 1. The summed E-state index contributed by atoms with van der Waals surface area (Å²) in [6.07, 6.45) is 0.946. The van der Waals surface area contributed by atoms with Gasteiger partial charge in [-0.1, -0.05) is 19.1 Å². The van der Waals surface area contributed by atoms with E-state index in [4.69, 9.17) is 0 Å². The van der Waals surface area contributed by atoms with Gasteiger partial charge in [-0.15, -0.1) is 0 Å². The van der Waals surface area contributed by atoms with Crippen LogP contribution in [0.25, 0.3) is 0 Å². The fourth-order valence-corrected chi connectivity index (χ4v) is 2.32. The van der Waals surface area contributed by atoms with E-state index in [1.54, 1.807) is 7.05 Å². The van der Waals surface area contributed by atoms with E-state index >= 15 is 0 Å². The predicted molar refractivity (Wildman–Crippen MR) is 79.5 cm³/mol. The zero-order chi connectivity index (χ0) is 14.9. The number of hydrogen-bond acceptors (Lipinski definition) is 2. The number of carbonyl (C=O) groups excluding carboxylic acids is 2. The fraction of sp³-hybridized carbons (Fsp3) is 0.500. The van der Waals surface area contributed by atoms with Crippen molar-refractivity contribution in [2.75, 3.05) is 18.9 Å². The molecule has 4 nitrogen and oxygen atoms in total. The molecule has 1 aromatic carbocycles. The van der Waals surface area contributed by atoms with Crippen LogP contribution in [-0.2, 0) is 9.59 Å². The maximum absolute atomic E-state index is 12.0. The summed E-state index contributed by atoms with van der Waals surface area (Å²) in [6, 6.07) is 5.80. The highest BCUT2D eigenvalue weighted by molar-refractivity contribution is 5.95. The number of anilines is 1. The third-order valence-electron chi connectivity index (χ3n) is 4.06. The third kappa shape index (κ3) is 3.18. The van der Waals surface area contributed by atoms with E-state index in [9.17, 15) is 9.59 Å². The summed E-state index contributed by atoms with van der Waals surface area (Å²) in [5.74, 6) is 0.511. The van der Waals surface area contributed by atoms with Crippen LogP contribution in [-0.4, -0.2) is 30.3 Å². The lowest BCUT2D eigenvalue weighted by Crippen LogP contribution is -2.36. The van der Waals surface area contributed by atoms with Gasteiger partial charge in [0.2, 0.25) is 11.8 Å². The standard InChI is InChI=1S/C16H22N2O2/c1-10-6-5-7-14(12(10)3)17-15(19)9-18(4)16(20)13-8-11(13)2/h5-7,11,13H,8-9H2,1-4H3,(H,17,19). The first kappa shape index (κ1) is 14.6. The van der Waals surface area contributed by atoms with Gasteiger partial charge in [0.1, 0.15) is 0 Å². The molecule has 1 aliphatic carbocycles. The Labute approximate surface area is 120 Å². The van der Waals surface area contributed by atoms with Crippen LogP contribution in [0, 0.1) is 25.7 Å². The summed E-state index contributed by atoms with van der Waals surface area (Å²) >= 11 is 0. The number of nitrogens with zero attached hydrogens (tertiary/aromatic N) is 1. The number of rotatable bonds is 4. The Morgan fingerprint density at radius 2 is 2.00 bits per heavy atom. The summed E-state index contributed by atoms with van der Waals surface area (Å²) in [7, 11) is 1.69. The average molecular weight is 274 g/mol. The highest BCUT2D eigenvalue weighted by Gasteiger charge is 2.40. The van der Waals surface area contributed by atoms with Crippen LogP contribution in [0.2, 0.25) is 0 Å². The first-order valence-electron chi connectivity index (χ1n) is 7.01. The molecule has 2 rings (SSSR count). The topological polar surface area (TPSA) is 49.4 Å². The summed E-state index contributed by atoms with van der Waals surface area (Å²) in [4.78, 5) is 25.5. The maximum atomic E-state index is 12.0. The van der Waals surface area contributed by atoms with Gasteiger partial charge >= 0.3 is 0 Å². The quantitative estimate of drug-likeness (QED) is 0.916. The van der Waals surface area contributed by atoms with E-state index < -0.39 is 0 Å². The van der Waals surface area contributed by atoms with E-state index in [1.165, 1.54) is 4.90 Å². The first-order chi connectivity index (χ1) is 9.40. The van der Waals surface area contributed by atoms with E-state index in [-0.39, 0.29) is 24.3 Å². The molecule has 2 atom stereocenters. The second-order valence-electron chi connectivity index (χ2n) is 5.81. The molecular formula is C16H22N2O2. The number of carbonyl (C=O) groups is 2. The van der Waals surface area contributed by atoms with Crippen molar-refractivity contribution in [1.29, 1.82) is 0 Å². The molecule has 0 bridgehead atoms. The zero-order valence-electron chi connectivity index (χ0n) is 12.6. The van der Waals surface area contributed by atoms with Gasteiger partial charge < -0.3 is 10.2 Å². The molecule has 0 radical (unpaired) electrons. The lowest BCUT2D eigenvalue weighted by atomic mass is 10.1. The van der Waals surface area contributed by atoms with Crippen LogP contribution in [0.1, 0.15) is 24.5 Å². The molecule has 1 saturated carbocycles. The normalized spacial score (nSPS) is 20.4. The van der Waals surface area contributed by atoms with Crippen LogP contribution in [0.5, 0.6) is 0 Å². The third-order valence-corrected chi connectivity index (χ3v) is 4.06. The van der Waals surface area contributed by atoms with Crippen molar-refractivity contribution in [3.8, 4) is 0 Å². The van der Waals surface area contributed by atoms with Crippen molar-refractivity contribution < 1.29 is 9.59 Å². The van der Waals surface area contributed by atoms with Crippen LogP contribution in [0.15, 0.2) is 18.2 Å². The van der Waals surface area contributed by atoms with Crippen LogP contribution in [0.3, 0.4) is 0 Å². The van der Waals surface area contributed by atoms with Crippen LogP contribution >= 0.6 is 0 Å². The van der Waals surface area contributed by atoms with Crippen molar-refractivity contribution in [3.63, 3.8) is 0 Å². The summed E-state index contributed by atoms with van der Waals surface area (Å²) in [5.41, 5.74) is 3.01. The molecule has 1 aromatic rings. The number of nitrogens with one attached hydrogen (secondary N) is 1. The number of benzene rings is 1. The smallest absolute Gasteiger partial charge is 0.243 e.